The topological polar surface area (TPSA) is 53.2 Å². The molecular weight excluding hydrogens is 246 g/mol. The van der Waals surface area contributed by atoms with Gasteiger partial charge in [-0.2, -0.15) is 11.8 Å². The summed E-state index contributed by atoms with van der Waals surface area (Å²) < 4.78 is 0. The lowest BCUT2D eigenvalue weighted by molar-refractivity contribution is 0.252. The third-order valence-electron chi connectivity index (χ3n) is 2.67. The van der Waals surface area contributed by atoms with Crippen molar-refractivity contribution in [2.24, 2.45) is 0 Å². The fourth-order valence-electron chi connectivity index (χ4n) is 1.49. The molecule has 0 saturated carbocycles. The summed E-state index contributed by atoms with van der Waals surface area (Å²) in [6.07, 6.45) is 2.02. The summed E-state index contributed by atoms with van der Waals surface area (Å²) in [5, 5.41) is 8.81. The fourth-order valence-corrected chi connectivity index (χ4v) is 1.80. The average Bonchev–Trinajstić information content (AvgIpc) is 2.38. The summed E-state index contributed by atoms with van der Waals surface area (Å²) in [6.45, 7) is 2.76. The third kappa shape index (κ3) is 4.98. The largest absolute Gasteiger partial charge is 0.337 e. The van der Waals surface area contributed by atoms with E-state index in [0.717, 1.165) is 17.0 Å². The molecule has 18 heavy (non-hydrogen) atoms. The van der Waals surface area contributed by atoms with E-state index in [2.05, 4.69) is 22.9 Å². The van der Waals surface area contributed by atoms with Crippen molar-refractivity contribution in [2.45, 2.75) is 13.0 Å². The summed E-state index contributed by atoms with van der Waals surface area (Å²) in [7, 11) is 1.92. The van der Waals surface area contributed by atoms with E-state index in [4.69, 9.17) is 0 Å². The van der Waals surface area contributed by atoms with E-state index in [9.17, 15) is 4.79 Å². The highest BCUT2D eigenvalue weighted by Gasteiger charge is 2.05. The van der Waals surface area contributed by atoms with Gasteiger partial charge in [0.15, 0.2) is 0 Å². The summed E-state index contributed by atoms with van der Waals surface area (Å²) in [4.78, 5) is 11.6. The molecule has 4 nitrogen and oxygen atoms in total. The van der Waals surface area contributed by atoms with Gasteiger partial charge in [0.05, 0.1) is 0 Å². The number of rotatable bonds is 6. The van der Waals surface area contributed by atoms with E-state index in [-0.39, 0.29) is 12.1 Å². The van der Waals surface area contributed by atoms with Gasteiger partial charge in [-0.15, -0.1) is 0 Å². The Morgan fingerprint density at radius 1 is 1.44 bits per heavy atom. The van der Waals surface area contributed by atoms with Crippen LogP contribution in [0.2, 0.25) is 0 Å². The molecule has 0 heterocycles. The van der Waals surface area contributed by atoms with E-state index in [0.29, 0.717) is 6.54 Å². The zero-order chi connectivity index (χ0) is 13.4. The minimum absolute atomic E-state index is 0.154. The molecule has 0 spiro atoms. The van der Waals surface area contributed by atoms with Crippen molar-refractivity contribution in [2.75, 3.05) is 30.9 Å². The number of anilines is 1. The lowest BCUT2D eigenvalue weighted by Gasteiger charge is -2.13. The number of nitrogens with one attached hydrogen (secondary N) is 3. The van der Waals surface area contributed by atoms with Crippen LogP contribution in [0.5, 0.6) is 0 Å². The second-order valence-electron chi connectivity index (χ2n) is 4.01. The summed E-state index contributed by atoms with van der Waals surface area (Å²) in [6, 6.07) is 7.97. The molecule has 3 N–H and O–H groups in total. The number of carbonyl (C=O) groups excluding carboxylic acids is 1. The SMILES string of the molecule is CNC(C)c1cccc(NC(=O)NCCSC)c1. The molecule has 100 valence electrons. The molecule has 0 aromatic heterocycles. The van der Waals surface area contributed by atoms with Gasteiger partial charge in [-0.3, -0.25) is 0 Å². The maximum atomic E-state index is 11.6. The van der Waals surface area contributed by atoms with Gasteiger partial charge in [-0.05, 0) is 37.9 Å². The van der Waals surface area contributed by atoms with Gasteiger partial charge in [0.25, 0.3) is 0 Å². The monoisotopic (exact) mass is 267 g/mol. The number of hydrogen-bond donors (Lipinski definition) is 3. The Kier molecular flexibility index (Phi) is 6.60. The van der Waals surface area contributed by atoms with Crippen molar-refractivity contribution in [3.8, 4) is 0 Å². The number of amides is 2. The first kappa shape index (κ1) is 14.9. The van der Waals surface area contributed by atoms with Gasteiger partial charge in [-0.1, -0.05) is 12.1 Å². The van der Waals surface area contributed by atoms with Crippen molar-refractivity contribution < 1.29 is 4.79 Å². The van der Waals surface area contributed by atoms with Crippen LogP contribution >= 0.6 is 11.8 Å². The molecule has 1 aromatic rings. The van der Waals surface area contributed by atoms with Crippen molar-refractivity contribution in [1.82, 2.24) is 10.6 Å². The fraction of sp³-hybridized carbons (Fsp3) is 0.462. The lowest BCUT2D eigenvalue weighted by Crippen LogP contribution is -2.30. The Hall–Kier alpha value is -1.20. The highest BCUT2D eigenvalue weighted by molar-refractivity contribution is 7.98. The van der Waals surface area contributed by atoms with Crippen LogP contribution < -0.4 is 16.0 Å². The third-order valence-corrected chi connectivity index (χ3v) is 3.28. The van der Waals surface area contributed by atoms with Crippen molar-refractivity contribution in [1.29, 1.82) is 0 Å². The van der Waals surface area contributed by atoms with Gasteiger partial charge in [0, 0.05) is 24.0 Å². The maximum Gasteiger partial charge on any atom is 0.319 e. The molecular formula is C13H21N3OS. The molecule has 0 bridgehead atoms. The Bertz CT molecular complexity index is 384. The number of carbonyl (C=O) groups is 1. The highest BCUT2D eigenvalue weighted by atomic mass is 32.2. The van der Waals surface area contributed by atoms with Crippen LogP contribution in [0.3, 0.4) is 0 Å². The summed E-state index contributed by atoms with van der Waals surface area (Å²) in [5.41, 5.74) is 1.97. The Labute approximate surface area is 113 Å². The summed E-state index contributed by atoms with van der Waals surface area (Å²) >= 11 is 1.71. The van der Waals surface area contributed by atoms with Crippen LogP contribution in [0.1, 0.15) is 18.5 Å². The molecule has 0 radical (unpaired) electrons. The average molecular weight is 267 g/mol. The molecule has 0 aliphatic rings. The standard InChI is InChI=1S/C13H21N3OS/c1-10(14-2)11-5-4-6-12(9-11)16-13(17)15-7-8-18-3/h4-6,9-10,14H,7-8H2,1-3H3,(H2,15,16,17). The first-order valence-corrected chi connectivity index (χ1v) is 7.37. The second kappa shape index (κ2) is 8.00. The number of thioether (sulfide) groups is 1. The molecule has 1 rings (SSSR count). The number of urea groups is 1. The van der Waals surface area contributed by atoms with E-state index in [1.54, 1.807) is 11.8 Å². The molecule has 1 unspecified atom stereocenters. The molecule has 0 saturated heterocycles. The molecule has 0 aliphatic carbocycles. The molecule has 0 fully saturated rings. The van der Waals surface area contributed by atoms with Crippen LogP contribution in [-0.2, 0) is 0 Å². The van der Waals surface area contributed by atoms with E-state index in [1.807, 2.05) is 37.6 Å². The molecule has 1 aromatic carbocycles. The van der Waals surface area contributed by atoms with Crippen LogP contribution in [0.15, 0.2) is 24.3 Å². The zero-order valence-corrected chi connectivity index (χ0v) is 11.9. The smallest absolute Gasteiger partial charge is 0.319 e. The maximum absolute atomic E-state index is 11.6. The van der Waals surface area contributed by atoms with Crippen LogP contribution in [0, 0.1) is 0 Å². The minimum Gasteiger partial charge on any atom is -0.337 e. The Balaban J connectivity index is 2.53. The van der Waals surface area contributed by atoms with Crippen molar-refractivity contribution >= 4 is 23.5 Å². The second-order valence-corrected chi connectivity index (χ2v) is 5.00. The first-order valence-electron chi connectivity index (χ1n) is 5.98. The molecule has 5 heteroatoms. The predicted molar refractivity (Wildman–Crippen MR) is 79.3 cm³/mol. The molecule has 1 atom stereocenters. The van der Waals surface area contributed by atoms with Gasteiger partial charge < -0.3 is 16.0 Å². The van der Waals surface area contributed by atoms with Crippen LogP contribution in [-0.4, -0.2) is 31.6 Å². The van der Waals surface area contributed by atoms with Gasteiger partial charge in [0.1, 0.15) is 0 Å². The highest BCUT2D eigenvalue weighted by Crippen LogP contribution is 2.16. The van der Waals surface area contributed by atoms with Gasteiger partial charge in [-0.25, -0.2) is 4.79 Å². The van der Waals surface area contributed by atoms with Gasteiger partial charge >= 0.3 is 6.03 Å². The number of benzene rings is 1. The van der Waals surface area contributed by atoms with E-state index < -0.39 is 0 Å². The normalized spacial score (nSPS) is 11.9. The lowest BCUT2D eigenvalue weighted by atomic mass is 10.1. The minimum atomic E-state index is -0.154. The van der Waals surface area contributed by atoms with Crippen LogP contribution in [0.25, 0.3) is 0 Å². The van der Waals surface area contributed by atoms with Crippen molar-refractivity contribution in [3.63, 3.8) is 0 Å². The van der Waals surface area contributed by atoms with Crippen LogP contribution in [0.4, 0.5) is 10.5 Å². The van der Waals surface area contributed by atoms with Crippen molar-refractivity contribution in [3.05, 3.63) is 29.8 Å². The molecule has 2 amide bonds. The number of hydrogen-bond acceptors (Lipinski definition) is 3. The summed E-state index contributed by atoms with van der Waals surface area (Å²) in [5.74, 6) is 0.921. The predicted octanol–water partition coefficient (Wildman–Crippen LogP) is 2.45. The van der Waals surface area contributed by atoms with E-state index >= 15 is 0 Å². The quantitative estimate of drug-likeness (QED) is 0.694. The van der Waals surface area contributed by atoms with E-state index in [1.165, 1.54) is 0 Å². The molecule has 0 aliphatic heterocycles. The zero-order valence-electron chi connectivity index (χ0n) is 11.1. The first-order chi connectivity index (χ1) is 8.67. The van der Waals surface area contributed by atoms with Gasteiger partial charge in [0.2, 0.25) is 0 Å². The Morgan fingerprint density at radius 2 is 2.22 bits per heavy atom. The Morgan fingerprint density at radius 3 is 2.89 bits per heavy atom.